The minimum atomic E-state index is -4.97. The van der Waals surface area contributed by atoms with Crippen LogP contribution in [0, 0.1) is 16.7 Å². The minimum absolute atomic E-state index is 0.130. The van der Waals surface area contributed by atoms with Gasteiger partial charge in [-0.1, -0.05) is 12.1 Å². The number of carboxylic acid groups (broad SMARTS) is 1. The Hall–Kier alpha value is -2.76. The predicted molar refractivity (Wildman–Crippen MR) is 78.6 cm³/mol. The van der Waals surface area contributed by atoms with E-state index in [1.807, 2.05) is 6.07 Å². The lowest BCUT2D eigenvalue weighted by Gasteiger charge is -2.28. The van der Waals surface area contributed by atoms with Crippen molar-refractivity contribution in [3.05, 3.63) is 29.8 Å². The van der Waals surface area contributed by atoms with Crippen molar-refractivity contribution in [2.24, 2.45) is 5.41 Å². The van der Waals surface area contributed by atoms with Crippen LogP contribution in [0.25, 0.3) is 0 Å². The summed E-state index contributed by atoms with van der Waals surface area (Å²) < 4.78 is 44.9. The number of rotatable bonds is 4. The molecule has 1 aliphatic rings. The lowest BCUT2D eigenvalue weighted by Crippen LogP contribution is -2.49. The fraction of sp³-hybridized carbons (Fsp3) is 0.438. The van der Waals surface area contributed by atoms with E-state index in [9.17, 15) is 22.8 Å². The number of hydrogen-bond donors (Lipinski definition) is 1. The predicted octanol–water partition coefficient (Wildman–Crippen LogP) is 2.19. The number of hydrogen-bond acceptors (Lipinski definition) is 4. The number of amides is 1. The van der Waals surface area contributed by atoms with E-state index in [4.69, 9.17) is 15.1 Å². The van der Waals surface area contributed by atoms with Gasteiger partial charge in [0.05, 0.1) is 5.56 Å². The molecule has 1 heterocycles. The Labute approximate surface area is 141 Å². The number of aliphatic carboxylic acids is 1. The maximum absolute atomic E-state index is 13.2. The summed E-state index contributed by atoms with van der Waals surface area (Å²) in [5.74, 6) is -2.64. The summed E-state index contributed by atoms with van der Waals surface area (Å²) in [7, 11) is 0. The monoisotopic (exact) mass is 356 g/mol. The van der Waals surface area contributed by atoms with Crippen LogP contribution in [-0.4, -0.2) is 47.3 Å². The molecule has 134 valence electrons. The lowest BCUT2D eigenvalue weighted by atomic mass is 9.86. The number of alkyl halides is 3. The molecule has 1 aliphatic heterocycles. The van der Waals surface area contributed by atoms with E-state index in [0.29, 0.717) is 0 Å². The quantitative estimate of drug-likeness (QED) is 0.893. The van der Waals surface area contributed by atoms with E-state index >= 15 is 0 Å². The molecule has 1 aromatic carbocycles. The molecular weight excluding hydrogens is 341 g/mol. The van der Waals surface area contributed by atoms with Crippen LogP contribution in [0.5, 0.6) is 5.75 Å². The van der Waals surface area contributed by atoms with Gasteiger partial charge in [0.25, 0.3) is 5.91 Å². The first-order valence-electron chi connectivity index (χ1n) is 7.37. The Bertz CT molecular complexity index is 729. The highest BCUT2D eigenvalue weighted by atomic mass is 19.4. The van der Waals surface area contributed by atoms with Crippen LogP contribution in [0.4, 0.5) is 13.2 Å². The van der Waals surface area contributed by atoms with Crippen molar-refractivity contribution in [1.82, 2.24) is 4.90 Å². The third kappa shape index (κ3) is 3.38. The number of para-hydroxylation sites is 1. The topological polar surface area (TPSA) is 90.6 Å². The number of ether oxygens (including phenoxy) is 1. The van der Waals surface area contributed by atoms with Gasteiger partial charge in [0.2, 0.25) is 0 Å². The molecule has 1 fully saturated rings. The smallest absolute Gasteiger partial charge is 0.406 e. The molecule has 1 saturated heterocycles. The zero-order valence-electron chi connectivity index (χ0n) is 13.2. The number of benzene rings is 1. The second kappa shape index (κ2) is 6.63. The molecule has 1 N–H and O–H groups in total. The molecule has 0 radical (unpaired) electrons. The zero-order chi connectivity index (χ0) is 18.8. The van der Waals surface area contributed by atoms with Crippen LogP contribution >= 0.6 is 0 Å². The number of carbonyl (C=O) groups is 2. The molecule has 2 atom stereocenters. The van der Waals surface area contributed by atoms with Crippen LogP contribution < -0.4 is 4.74 Å². The van der Waals surface area contributed by atoms with E-state index in [0.717, 1.165) is 4.90 Å². The molecule has 0 aromatic heterocycles. The van der Waals surface area contributed by atoms with E-state index in [2.05, 4.69) is 0 Å². The summed E-state index contributed by atoms with van der Waals surface area (Å²) in [6.07, 6.45) is -6.84. The first kappa shape index (κ1) is 18.6. The normalized spacial score (nSPS) is 21.5. The van der Waals surface area contributed by atoms with Gasteiger partial charge in [-0.05, 0) is 25.5 Å². The van der Waals surface area contributed by atoms with Crippen LogP contribution in [0.3, 0.4) is 0 Å². The SMILES string of the molecule is CC(Oc1ccccc1C#N)C(=O)N1CCC(C(=O)O)(C(F)(F)F)C1. The molecule has 0 aliphatic carbocycles. The Morgan fingerprint density at radius 3 is 2.56 bits per heavy atom. The first-order chi connectivity index (χ1) is 11.6. The van der Waals surface area contributed by atoms with Crippen molar-refractivity contribution in [3.8, 4) is 11.8 Å². The second-order valence-corrected chi connectivity index (χ2v) is 5.76. The number of carbonyl (C=O) groups excluding carboxylic acids is 1. The Kier molecular flexibility index (Phi) is 4.92. The molecule has 0 saturated carbocycles. The number of carboxylic acids is 1. The van der Waals surface area contributed by atoms with Crippen molar-refractivity contribution < 1.29 is 32.6 Å². The van der Waals surface area contributed by atoms with Crippen LogP contribution in [0.15, 0.2) is 24.3 Å². The number of nitrogens with zero attached hydrogens (tertiary/aromatic N) is 2. The van der Waals surface area contributed by atoms with Crippen LogP contribution in [0.2, 0.25) is 0 Å². The lowest BCUT2D eigenvalue weighted by molar-refractivity contribution is -0.227. The standard InChI is InChI=1S/C16H15F3N2O4/c1-10(25-12-5-3-2-4-11(12)8-20)13(22)21-7-6-15(9-21,14(23)24)16(17,18)19/h2-5,10H,6-7,9H2,1H3,(H,23,24). The summed E-state index contributed by atoms with van der Waals surface area (Å²) >= 11 is 0. The largest absolute Gasteiger partial charge is 0.481 e. The van der Waals surface area contributed by atoms with Gasteiger partial charge in [-0.2, -0.15) is 18.4 Å². The van der Waals surface area contributed by atoms with Crippen molar-refractivity contribution in [2.75, 3.05) is 13.1 Å². The number of nitriles is 1. The van der Waals surface area contributed by atoms with E-state index in [1.54, 1.807) is 12.1 Å². The maximum atomic E-state index is 13.2. The van der Waals surface area contributed by atoms with Crippen LogP contribution in [0.1, 0.15) is 18.9 Å². The average Bonchev–Trinajstić information content (AvgIpc) is 3.01. The summed E-state index contributed by atoms with van der Waals surface area (Å²) in [6.45, 7) is 0.0430. The van der Waals surface area contributed by atoms with Crippen molar-refractivity contribution in [3.63, 3.8) is 0 Å². The highest BCUT2D eigenvalue weighted by Gasteiger charge is 2.64. The maximum Gasteiger partial charge on any atom is 0.406 e. The van der Waals surface area contributed by atoms with Crippen molar-refractivity contribution in [2.45, 2.75) is 25.6 Å². The number of halogens is 3. The van der Waals surface area contributed by atoms with Gasteiger partial charge >= 0.3 is 12.1 Å². The molecule has 2 rings (SSSR count). The second-order valence-electron chi connectivity index (χ2n) is 5.76. The van der Waals surface area contributed by atoms with Gasteiger partial charge in [0, 0.05) is 13.1 Å². The highest BCUT2D eigenvalue weighted by molar-refractivity contribution is 5.84. The third-order valence-electron chi connectivity index (χ3n) is 4.19. The van der Waals surface area contributed by atoms with E-state index in [1.165, 1.54) is 19.1 Å². The van der Waals surface area contributed by atoms with Gasteiger partial charge in [0.15, 0.2) is 11.5 Å². The third-order valence-corrected chi connectivity index (χ3v) is 4.19. The molecule has 1 amide bonds. The van der Waals surface area contributed by atoms with Crippen LogP contribution in [-0.2, 0) is 9.59 Å². The summed E-state index contributed by atoms with van der Waals surface area (Å²) in [4.78, 5) is 24.3. The van der Waals surface area contributed by atoms with Gasteiger partial charge in [-0.25, -0.2) is 0 Å². The van der Waals surface area contributed by atoms with Gasteiger partial charge in [-0.3, -0.25) is 9.59 Å². The average molecular weight is 356 g/mol. The molecule has 0 spiro atoms. The Balaban J connectivity index is 2.14. The number of likely N-dealkylation sites (tertiary alicyclic amines) is 1. The van der Waals surface area contributed by atoms with Gasteiger partial charge in [0.1, 0.15) is 11.8 Å². The first-order valence-corrected chi connectivity index (χ1v) is 7.37. The van der Waals surface area contributed by atoms with Crippen molar-refractivity contribution in [1.29, 1.82) is 5.26 Å². The summed E-state index contributed by atoms with van der Waals surface area (Å²) in [6, 6.07) is 8.00. The fourth-order valence-corrected chi connectivity index (χ4v) is 2.68. The van der Waals surface area contributed by atoms with Gasteiger partial charge < -0.3 is 14.7 Å². The molecule has 0 bridgehead atoms. The van der Waals surface area contributed by atoms with Crippen molar-refractivity contribution >= 4 is 11.9 Å². The summed E-state index contributed by atoms with van der Waals surface area (Å²) in [5, 5.41) is 18.0. The van der Waals surface area contributed by atoms with Gasteiger partial charge in [-0.15, -0.1) is 0 Å². The minimum Gasteiger partial charge on any atom is -0.481 e. The Morgan fingerprint density at radius 1 is 1.40 bits per heavy atom. The molecule has 9 heteroatoms. The molecule has 25 heavy (non-hydrogen) atoms. The highest BCUT2D eigenvalue weighted by Crippen LogP contribution is 2.45. The van der Waals surface area contributed by atoms with E-state index < -0.39 is 42.5 Å². The Morgan fingerprint density at radius 2 is 2.04 bits per heavy atom. The zero-order valence-corrected chi connectivity index (χ0v) is 13.2. The molecule has 1 aromatic rings. The molecular formula is C16H15F3N2O4. The summed E-state index contributed by atoms with van der Waals surface area (Å²) in [5.41, 5.74) is -2.79. The fourth-order valence-electron chi connectivity index (χ4n) is 2.68. The van der Waals surface area contributed by atoms with E-state index in [-0.39, 0.29) is 17.9 Å². The molecule has 6 nitrogen and oxygen atoms in total. The molecule has 2 unspecified atom stereocenters.